The van der Waals surface area contributed by atoms with Gasteiger partial charge in [-0.15, -0.1) is 0 Å². The summed E-state index contributed by atoms with van der Waals surface area (Å²) in [5.41, 5.74) is 0. The second kappa shape index (κ2) is 9.81. The summed E-state index contributed by atoms with van der Waals surface area (Å²) < 4.78 is 0. The minimum Gasteiger partial charge on any atom is -0.304 e. The van der Waals surface area contributed by atoms with Gasteiger partial charge in [0.2, 0.25) is 0 Å². The van der Waals surface area contributed by atoms with Crippen LogP contribution in [0.5, 0.6) is 0 Å². The topological polar surface area (TPSA) is 6.48 Å². The van der Waals surface area contributed by atoms with Crippen LogP contribution in [0.3, 0.4) is 0 Å². The highest BCUT2D eigenvalue weighted by Gasteiger charge is 2.02. The molecule has 0 fully saturated rings. The monoisotopic (exact) mass is 218 g/mol. The third kappa shape index (κ3) is 6.68. The van der Waals surface area contributed by atoms with E-state index in [0.29, 0.717) is 0 Å². The van der Waals surface area contributed by atoms with Crippen molar-refractivity contribution in [2.45, 2.75) is 27.2 Å². The molecule has 0 unspecified atom stereocenters. The Morgan fingerprint density at radius 2 is 1.29 bits per heavy atom. The first-order valence-corrected chi connectivity index (χ1v) is 6.47. The maximum absolute atomic E-state index is 4.26. The number of rotatable bonds is 9. The molecule has 0 spiro atoms. The van der Waals surface area contributed by atoms with E-state index >= 15 is 0 Å². The Bertz CT molecular complexity index is 116. The molecule has 0 rings (SSSR count). The molecule has 0 aliphatic rings. The molecule has 0 atom stereocenters. The van der Waals surface area contributed by atoms with E-state index in [1.165, 1.54) is 32.6 Å². The fourth-order valence-electron chi connectivity index (χ4n) is 1.63. The Morgan fingerprint density at radius 1 is 0.786 bits per heavy atom. The van der Waals surface area contributed by atoms with Crippen LogP contribution in [0, 0.1) is 0 Å². The number of hydrogen-bond acceptors (Lipinski definition) is 3. The molecule has 0 N–H and O–H groups in total. The van der Waals surface area contributed by atoms with Crippen LogP contribution in [0.1, 0.15) is 27.2 Å². The largest absolute Gasteiger partial charge is 0.304 e. The third-order valence-electron chi connectivity index (χ3n) is 2.71. The summed E-state index contributed by atoms with van der Waals surface area (Å²) in [5, 5.41) is 0. The van der Waals surface area contributed by atoms with Crippen molar-refractivity contribution < 1.29 is 0 Å². The summed E-state index contributed by atoms with van der Waals surface area (Å²) in [4.78, 5) is 4.95. The number of hydrogen-bond donors (Lipinski definition) is 1. The van der Waals surface area contributed by atoms with Gasteiger partial charge in [-0.2, -0.15) is 12.6 Å². The lowest BCUT2D eigenvalue weighted by molar-refractivity contribution is 0.252. The molecule has 0 aliphatic heterocycles. The fraction of sp³-hybridized carbons (Fsp3) is 1.00. The van der Waals surface area contributed by atoms with Crippen molar-refractivity contribution in [2.24, 2.45) is 0 Å². The first-order chi connectivity index (χ1) is 6.78. The molecular formula is C11H26N2S. The average molecular weight is 218 g/mol. The van der Waals surface area contributed by atoms with E-state index in [-0.39, 0.29) is 0 Å². The van der Waals surface area contributed by atoms with Gasteiger partial charge in [0.25, 0.3) is 0 Å². The number of thiol groups is 1. The highest BCUT2D eigenvalue weighted by Crippen LogP contribution is 1.95. The van der Waals surface area contributed by atoms with Gasteiger partial charge in [-0.3, -0.25) is 0 Å². The Kier molecular flexibility index (Phi) is 10.0. The molecule has 0 aliphatic carbocycles. The molecule has 0 saturated carbocycles. The van der Waals surface area contributed by atoms with Crippen molar-refractivity contribution in [1.82, 2.24) is 9.80 Å². The van der Waals surface area contributed by atoms with E-state index in [2.05, 4.69) is 43.2 Å². The van der Waals surface area contributed by atoms with Crippen LogP contribution >= 0.6 is 12.6 Å². The predicted molar refractivity (Wildman–Crippen MR) is 68.4 cm³/mol. The molecule has 0 aromatic heterocycles. The van der Waals surface area contributed by atoms with Crippen LogP contribution < -0.4 is 0 Å². The van der Waals surface area contributed by atoms with Gasteiger partial charge < -0.3 is 9.80 Å². The van der Waals surface area contributed by atoms with Crippen molar-refractivity contribution in [1.29, 1.82) is 0 Å². The normalized spacial score (nSPS) is 11.6. The molecule has 3 heteroatoms. The minimum atomic E-state index is 0.971. The van der Waals surface area contributed by atoms with Crippen LogP contribution in [-0.4, -0.2) is 54.8 Å². The highest BCUT2D eigenvalue weighted by molar-refractivity contribution is 7.80. The van der Waals surface area contributed by atoms with Gasteiger partial charge in [0.1, 0.15) is 0 Å². The predicted octanol–water partition coefficient (Wildman–Crippen LogP) is 1.97. The molecular weight excluding hydrogens is 192 g/mol. The summed E-state index contributed by atoms with van der Waals surface area (Å²) >= 11 is 4.26. The summed E-state index contributed by atoms with van der Waals surface area (Å²) in [6.07, 6.45) is 1.28. The first-order valence-electron chi connectivity index (χ1n) is 5.83. The standard InChI is InChI=1S/C11H26N2S/c1-4-12(5-2)8-7-9-13(6-3)10-11-14/h14H,4-11H2,1-3H3. The van der Waals surface area contributed by atoms with E-state index in [1.807, 2.05) is 0 Å². The van der Waals surface area contributed by atoms with Crippen LogP contribution in [-0.2, 0) is 0 Å². The maximum Gasteiger partial charge on any atom is 0.00697 e. The SMILES string of the molecule is CCN(CC)CCCN(CC)CCS. The van der Waals surface area contributed by atoms with Crippen LogP contribution in [0.25, 0.3) is 0 Å². The third-order valence-corrected chi connectivity index (χ3v) is 2.91. The van der Waals surface area contributed by atoms with Crippen LogP contribution in [0.2, 0.25) is 0 Å². The van der Waals surface area contributed by atoms with Crippen molar-refractivity contribution in [2.75, 3.05) is 45.0 Å². The number of nitrogens with zero attached hydrogens (tertiary/aromatic N) is 2. The van der Waals surface area contributed by atoms with Crippen molar-refractivity contribution in [3.8, 4) is 0 Å². The molecule has 86 valence electrons. The lowest BCUT2D eigenvalue weighted by Gasteiger charge is -2.22. The lowest BCUT2D eigenvalue weighted by Crippen LogP contribution is -2.31. The zero-order valence-corrected chi connectivity index (χ0v) is 10.9. The van der Waals surface area contributed by atoms with Gasteiger partial charge in [0.15, 0.2) is 0 Å². The molecule has 0 aromatic carbocycles. The van der Waals surface area contributed by atoms with Gasteiger partial charge >= 0.3 is 0 Å². The average Bonchev–Trinajstić information content (AvgIpc) is 2.23. The summed E-state index contributed by atoms with van der Waals surface area (Å²) in [5.74, 6) is 0.971. The Balaban J connectivity index is 3.48. The highest BCUT2D eigenvalue weighted by atomic mass is 32.1. The fourth-order valence-corrected chi connectivity index (χ4v) is 1.91. The van der Waals surface area contributed by atoms with Gasteiger partial charge in [-0.05, 0) is 39.1 Å². The van der Waals surface area contributed by atoms with E-state index in [0.717, 1.165) is 18.8 Å². The second-order valence-corrected chi connectivity index (χ2v) is 3.99. The van der Waals surface area contributed by atoms with E-state index in [4.69, 9.17) is 0 Å². The zero-order chi connectivity index (χ0) is 10.8. The van der Waals surface area contributed by atoms with Crippen molar-refractivity contribution >= 4 is 12.6 Å². The summed E-state index contributed by atoms with van der Waals surface area (Å²) in [6.45, 7) is 13.8. The van der Waals surface area contributed by atoms with Crippen molar-refractivity contribution in [3.63, 3.8) is 0 Å². The van der Waals surface area contributed by atoms with Crippen molar-refractivity contribution in [3.05, 3.63) is 0 Å². The smallest absolute Gasteiger partial charge is 0.00697 e. The van der Waals surface area contributed by atoms with Gasteiger partial charge in [-0.25, -0.2) is 0 Å². The van der Waals surface area contributed by atoms with E-state index in [9.17, 15) is 0 Å². The van der Waals surface area contributed by atoms with E-state index in [1.54, 1.807) is 0 Å². The van der Waals surface area contributed by atoms with Crippen LogP contribution in [0.4, 0.5) is 0 Å². The van der Waals surface area contributed by atoms with Gasteiger partial charge in [0.05, 0.1) is 0 Å². The van der Waals surface area contributed by atoms with Crippen LogP contribution in [0.15, 0.2) is 0 Å². The quantitative estimate of drug-likeness (QED) is 0.591. The zero-order valence-electron chi connectivity index (χ0n) is 10.00. The molecule has 0 amide bonds. The summed E-state index contributed by atoms with van der Waals surface area (Å²) in [7, 11) is 0. The molecule has 0 saturated heterocycles. The Hall–Kier alpha value is 0.270. The minimum absolute atomic E-state index is 0.971. The maximum atomic E-state index is 4.26. The second-order valence-electron chi connectivity index (χ2n) is 3.54. The Labute approximate surface area is 95.1 Å². The molecule has 2 nitrogen and oxygen atoms in total. The molecule has 0 heterocycles. The molecule has 0 bridgehead atoms. The van der Waals surface area contributed by atoms with Gasteiger partial charge in [0, 0.05) is 12.3 Å². The first kappa shape index (κ1) is 14.3. The lowest BCUT2D eigenvalue weighted by atomic mass is 10.3. The van der Waals surface area contributed by atoms with E-state index < -0.39 is 0 Å². The molecule has 14 heavy (non-hydrogen) atoms. The molecule has 0 aromatic rings. The summed E-state index contributed by atoms with van der Waals surface area (Å²) in [6, 6.07) is 0. The molecule has 0 radical (unpaired) electrons. The Morgan fingerprint density at radius 3 is 1.71 bits per heavy atom. The van der Waals surface area contributed by atoms with Gasteiger partial charge in [-0.1, -0.05) is 20.8 Å².